The van der Waals surface area contributed by atoms with Gasteiger partial charge in [-0.1, -0.05) is 68.4 Å². The second-order valence-electron chi connectivity index (χ2n) is 7.81. The summed E-state index contributed by atoms with van der Waals surface area (Å²) in [4.78, 5) is 0. The smallest absolute Gasteiger partial charge is 0.119 e. The van der Waals surface area contributed by atoms with Crippen molar-refractivity contribution in [2.75, 3.05) is 19.7 Å². The zero-order chi connectivity index (χ0) is 22.8. The molecule has 1 unspecified atom stereocenters. The molecule has 3 aromatic rings. The highest BCUT2D eigenvalue weighted by Crippen LogP contribution is 2.35. The molecule has 3 N–H and O–H groups in total. The van der Waals surface area contributed by atoms with Crippen molar-refractivity contribution in [1.29, 1.82) is 0 Å². The molecule has 0 heterocycles. The monoisotopic (exact) mass is 431 g/mol. The summed E-state index contributed by atoms with van der Waals surface area (Å²) >= 11 is 0. The molecule has 32 heavy (non-hydrogen) atoms. The summed E-state index contributed by atoms with van der Waals surface area (Å²) in [6.45, 7) is 5.92. The molecule has 0 amide bonds. The summed E-state index contributed by atoms with van der Waals surface area (Å²) in [5.41, 5.74) is 5.68. The number of rotatable bonds is 11. The predicted octanol–water partition coefficient (Wildman–Crippen LogP) is 5.50. The van der Waals surface area contributed by atoms with E-state index in [-0.39, 0.29) is 12.4 Å². The van der Waals surface area contributed by atoms with Crippen molar-refractivity contribution < 1.29 is 14.9 Å². The van der Waals surface area contributed by atoms with Crippen LogP contribution in [0, 0.1) is 0 Å². The lowest BCUT2D eigenvalue weighted by Crippen LogP contribution is -2.31. The molecule has 168 valence electrons. The second kappa shape index (κ2) is 12.1. The standard InChI is InChI=1S/C28H33NO3/c1-3-18-29-19-25(31)20-32-26-16-12-23(13-17-26)28(22-10-14-24(30)15-11-22)27(4-2)21-8-6-5-7-9-21/h5-17,25,29-31H,3-4,18-20H2,1-2H3. The first-order chi connectivity index (χ1) is 15.6. The first-order valence-electron chi connectivity index (χ1n) is 11.3. The fourth-order valence-electron chi connectivity index (χ4n) is 3.72. The van der Waals surface area contributed by atoms with Crippen LogP contribution in [0.2, 0.25) is 0 Å². The Morgan fingerprint density at radius 3 is 2.06 bits per heavy atom. The molecule has 3 aromatic carbocycles. The number of aromatic hydroxyl groups is 1. The van der Waals surface area contributed by atoms with Crippen molar-refractivity contribution >= 4 is 11.1 Å². The molecule has 0 saturated heterocycles. The number of allylic oxidation sites excluding steroid dienone is 1. The van der Waals surface area contributed by atoms with Crippen LogP contribution in [0.3, 0.4) is 0 Å². The van der Waals surface area contributed by atoms with Gasteiger partial charge in [0, 0.05) is 6.54 Å². The quantitative estimate of drug-likeness (QED) is 0.277. The Morgan fingerprint density at radius 2 is 1.47 bits per heavy atom. The molecule has 0 fully saturated rings. The molecule has 0 spiro atoms. The van der Waals surface area contributed by atoms with Gasteiger partial charge >= 0.3 is 0 Å². The van der Waals surface area contributed by atoms with Gasteiger partial charge in [-0.3, -0.25) is 0 Å². The number of nitrogens with one attached hydrogen (secondary N) is 1. The maximum absolute atomic E-state index is 10.1. The Hall–Kier alpha value is -3.08. The minimum Gasteiger partial charge on any atom is -0.508 e. The third-order valence-electron chi connectivity index (χ3n) is 5.33. The summed E-state index contributed by atoms with van der Waals surface area (Å²) in [5.74, 6) is 0.979. The van der Waals surface area contributed by atoms with Gasteiger partial charge in [-0.15, -0.1) is 0 Å². The number of hydrogen-bond acceptors (Lipinski definition) is 4. The molecule has 0 radical (unpaired) electrons. The van der Waals surface area contributed by atoms with Crippen molar-refractivity contribution in [2.45, 2.75) is 32.8 Å². The Balaban J connectivity index is 1.87. The maximum Gasteiger partial charge on any atom is 0.119 e. The first-order valence-corrected chi connectivity index (χ1v) is 11.3. The van der Waals surface area contributed by atoms with Crippen LogP contribution in [0.15, 0.2) is 78.9 Å². The van der Waals surface area contributed by atoms with Gasteiger partial charge in [-0.2, -0.15) is 0 Å². The van der Waals surface area contributed by atoms with E-state index in [0.717, 1.165) is 41.8 Å². The molecule has 0 saturated carbocycles. The van der Waals surface area contributed by atoms with Gasteiger partial charge in [-0.25, -0.2) is 0 Å². The summed E-state index contributed by atoms with van der Waals surface area (Å²) in [5, 5.41) is 23.0. The van der Waals surface area contributed by atoms with E-state index < -0.39 is 6.10 Å². The van der Waals surface area contributed by atoms with E-state index in [1.165, 1.54) is 11.1 Å². The summed E-state index contributed by atoms with van der Waals surface area (Å²) in [7, 11) is 0. The van der Waals surface area contributed by atoms with Crippen LogP contribution in [0.4, 0.5) is 0 Å². The third-order valence-corrected chi connectivity index (χ3v) is 5.33. The van der Waals surface area contributed by atoms with E-state index in [1.807, 2.05) is 30.3 Å². The van der Waals surface area contributed by atoms with Crippen molar-refractivity contribution in [1.82, 2.24) is 5.32 Å². The molecule has 4 heteroatoms. The van der Waals surface area contributed by atoms with E-state index in [4.69, 9.17) is 4.74 Å². The molecular weight excluding hydrogens is 398 g/mol. The zero-order valence-electron chi connectivity index (χ0n) is 18.9. The molecular formula is C28H33NO3. The normalized spacial score (nSPS) is 12.8. The van der Waals surface area contributed by atoms with Crippen LogP contribution >= 0.6 is 0 Å². The van der Waals surface area contributed by atoms with E-state index in [0.29, 0.717) is 6.54 Å². The van der Waals surface area contributed by atoms with Gasteiger partial charge in [0.2, 0.25) is 0 Å². The van der Waals surface area contributed by atoms with Gasteiger partial charge < -0.3 is 20.3 Å². The average molecular weight is 432 g/mol. The number of hydrogen-bond donors (Lipinski definition) is 3. The Morgan fingerprint density at radius 1 is 0.844 bits per heavy atom. The van der Waals surface area contributed by atoms with Crippen molar-refractivity contribution in [3.63, 3.8) is 0 Å². The highest BCUT2D eigenvalue weighted by molar-refractivity contribution is 5.98. The summed E-state index contributed by atoms with van der Waals surface area (Å²) < 4.78 is 5.79. The summed E-state index contributed by atoms with van der Waals surface area (Å²) in [6.07, 6.45) is 1.36. The minimum atomic E-state index is -0.543. The fraction of sp³-hybridized carbons (Fsp3) is 0.286. The van der Waals surface area contributed by atoms with E-state index in [2.05, 4.69) is 55.6 Å². The van der Waals surface area contributed by atoms with Crippen LogP contribution in [0.1, 0.15) is 43.4 Å². The van der Waals surface area contributed by atoms with Crippen LogP contribution in [0.5, 0.6) is 11.5 Å². The van der Waals surface area contributed by atoms with Gasteiger partial charge in [-0.05, 0) is 71.5 Å². The Kier molecular flexibility index (Phi) is 8.90. The lowest BCUT2D eigenvalue weighted by atomic mass is 9.88. The van der Waals surface area contributed by atoms with Crippen molar-refractivity contribution in [3.8, 4) is 11.5 Å². The van der Waals surface area contributed by atoms with Crippen molar-refractivity contribution in [2.24, 2.45) is 0 Å². The molecule has 0 bridgehead atoms. The number of benzene rings is 3. The maximum atomic E-state index is 10.1. The van der Waals surface area contributed by atoms with Crippen LogP contribution in [-0.4, -0.2) is 36.0 Å². The minimum absolute atomic E-state index is 0.251. The van der Waals surface area contributed by atoms with E-state index in [9.17, 15) is 10.2 Å². The Labute approximate surface area is 191 Å². The van der Waals surface area contributed by atoms with E-state index >= 15 is 0 Å². The molecule has 4 nitrogen and oxygen atoms in total. The molecule has 1 atom stereocenters. The third kappa shape index (κ3) is 6.46. The number of phenolic OH excluding ortho intramolecular Hbond substituents is 1. The molecule has 0 aliphatic heterocycles. The predicted molar refractivity (Wildman–Crippen MR) is 132 cm³/mol. The van der Waals surface area contributed by atoms with Gasteiger partial charge in [0.15, 0.2) is 0 Å². The summed E-state index contributed by atoms with van der Waals surface area (Å²) in [6, 6.07) is 25.7. The van der Waals surface area contributed by atoms with Crippen molar-refractivity contribution in [3.05, 3.63) is 95.6 Å². The highest BCUT2D eigenvalue weighted by Gasteiger charge is 2.13. The molecule has 0 aliphatic rings. The second-order valence-corrected chi connectivity index (χ2v) is 7.81. The number of phenols is 1. The lowest BCUT2D eigenvalue weighted by Gasteiger charge is -2.17. The topological polar surface area (TPSA) is 61.7 Å². The average Bonchev–Trinajstić information content (AvgIpc) is 2.83. The fourth-order valence-corrected chi connectivity index (χ4v) is 3.72. The molecule has 0 aromatic heterocycles. The number of aliphatic hydroxyl groups excluding tert-OH is 1. The lowest BCUT2D eigenvalue weighted by molar-refractivity contribution is 0.106. The number of ether oxygens (including phenoxy) is 1. The highest BCUT2D eigenvalue weighted by atomic mass is 16.5. The largest absolute Gasteiger partial charge is 0.508 e. The van der Waals surface area contributed by atoms with Crippen LogP contribution in [0.25, 0.3) is 11.1 Å². The van der Waals surface area contributed by atoms with E-state index in [1.54, 1.807) is 12.1 Å². The van der Waals surface area contributed by atoms with Gasteiger partial charge in [0.1, 0.15) is 24.2 Å². The molecule has 3 rings (SSSR count). The van der Waals surface area contributed by atoms with Crippen LogP contribution in [-0.2, 0) is 0 Å². The van der Waals surface area contributed by atoms with Gasteiger partial charge in [0.25, 0.3) is 0 Å². The SMILES string of the molecule is CCCNCC(O)COc1ccc(C(=C(CC)c2ccccc2)c2ccc(O)cc2)cc1. The molecule has 0 aliphatic carbocycles. The van der Waals surface area contributed by atoms with Gasteiger partial charge in [0.05, 0.1) is 0 Å². The Bertz CT molecular complexity index is 979. The van der Waals surface area contributed by atoms with Crippen LogP contribution < -0.4 is 10.1 Å². The number of aliphatic hydroxyl groups is 1. The zero-order valence-corrected chi connectivity index (χ0v) is 18.9. The first kappa shape index (κ1) is 23.6.